The predicted molar refractivity (Wildman–Crippen MR) is 68.0 cm³/mol. The van der Waals surface area contributed by atoms with Gasteiger partial charge in [0, 0.05) is 19.3 Å². The lowest BCUT2D eigenvalue weighted by atomic mass is 9.96. The van der Waals surface area contributed by atoms with Gasteiger partial charge in [0.1, 0.15) is 6.54 Å². The van der Waals surface area contributed by atoms with Gasteiger partial charge in [-0.15, -0.1) is 0 Å². The number of benzene rings is 1. The lowest BCUT2D eigenvalue weighted by molar-refractivity contribution is -0.148. The van der Waals surface area contributed by atoms with Crippen molar-refractivity contribution in [2.45, 2.75) is 5.92 Å². The molecule has 0 radical (unpaired) electrons. The summed E-state index contributed by atoms with van der Waals surface area (Å²) >= 11 is 0. The summed E-state index contributed by atoms with van der Waals surface area (Å²) in [5.41, 5.74) is 1.62. The first-order valence-corrected chi connectivity index (χ1v) is 5.84. The molecular weight excluding hydrogens is 248 g/mol. The molecule has 100 valence electrons. The number of carbonyl (C=O) groups excluding carboxylic acids is 2. The molecule has 1 aromatic rings. The highest BCUT2D eigenvalue weighted by Gasteiger charge is 2.34. The molecule has 0 saturated carbocycles. The number of aliphatic carboxylic acids is 1. The zero-order valence-corrected chi connectivity index (χ0v) is 10.4. The summed E-state index contributed by atoms with van der Waals surface area (Å²) in [6.45, 7) is -0.114. The number of amides is 1. The van der Waals surface area contributed by atoms with Crippen molar-refractivity contribution in [3.05, 3.63) is 29.8 Å². The van der Waals surface area contributed by atoms with E-state index in [-0.39, 0.29) is 0 Å². The second kappa shape index (κ2) is 5.09. The molecule has 1 unspecified atom stereocenters. The van der Waals surface area contributed by atoms with Gasteiger partial charge in [-0.1, -0.05) is 18.2 Å². The second-order valence-electron chi connectivity index (χ2n) is 4.44. The van der Waals surface area contributed by atoms with Crippen LogP contribution in [0.3, 0.4) is 0 Å². The van der Waals surface area contributed by atoms with Crippen LogP contribution in [-0.2, 0) is 14.4 Å². The van der Waals surface area contributed by atoms with Crippen LogP contribution in [0.1, 0.15) is 11.5 Å². The molecule has 1 aromatic carbocycles. The lowest BCUT2D eigenvalue weighted by Gasteiger charge is -2.16. The fourth-order valence-corrected chi connectivity index (χ4v) is 2.13. The van der Waals surface area contributed by atoms with Gasteiger partial charge >= 0.3 is 5.97 Å². The summed E-state index contributed by atoms with van der Waals surface area (Å²) in [6, 6.07) is 7.28. The molecule has 0 fully saturated rings. The Hall–Kier alpha value is -2.37. The number of hydrogen-bond acceptors (Lipinski definition) is 4. The van der Waals surface area contributed by atoms with Crippen LogP contribution in [-0.4, -0.2) is 47.8 Å². The molecule has 0 spiro atoms. The van der Waals surface area contributed by atoms with Gasteiger partial charge in [0.25, 0.3) is 5.91 Å². The minimum Gasteiger partial charge on any atom is -0.480 e. The number of nitrogens with one attached hydrogen (secondary N) is 1. The normalized spacial score (nSPS) is 16.4. The molecule has 6 nitrogen and oxygen atoms in total. The third kappa shape index (κ3) is 2.57. The molecule has 0 bridgehead atoms. The fourth-order valence-electron chi connectivity index (χ4n) is 2.13. The number of rotatable bonds is 4. The van der Waals surface area contributed by atoms with Crippen LogP contribution in [0.2, 0.25) is 0 Å². The van der Waals surface area contributed by atoms with E-state index in [1.807, 2.05) is 12.1 Å². The fraction of sp³-hybridized carbons (Fsp3) is 0.308. The van der Waals surface area contributed by atoms with E-state index in [1.165, 1.54) is 7.05 Å². The molecule has 1 aliphatic heterocycles. The van der Waals surface area contributed by atoms with Crippen molar-refractivity contribution < 1.29 is 19.5 Å². The van der Waals surface area contributed by atoms with E-state index in [2.05, 4.69) is 5.32 Å². The van der Waals surface area contributed by atoms with E-state index in [0.717, 1.165) is 16.2 Å². The molecule has 0 aromatic heterocycles. The van der Waals surface area contributed by atoms with Crippen molar-refractivity contribution in [2.24, 2.45) is 0 Å². The van der Waals surface area contributed by atoms with E-state index in [4.69, 9.17) is 5.11 Å². The van der Waals surface area contributed by atoms with Gasteiger partial charge in [-0.05, 0) is 11.6 Å². The number of nitrogens with zero attached hydrogens (tertiary/aromatic N) is 1. The van der Waals surface area contributed by atoms with Crippen molar-refractivity contribution >= 4 is 23.3 Å². The molecule has 0 aliphatic carbocycles. The van der Waals surface area contributed by atoms with Crippen molar-refractivity contribution in [2.75, 3.05) is 25.5 Å². The van der Waals surface area contributed by atoms with E-state index in [0.29, 0.717) is 6.54 Å². The summed E-state index contributed by atoms with van der Waals surface area (Å²) in [5, 5.41) is 11.7. The topological polar surface area (TPSA) is 86.7 Å². The zero-order chi connectivity index (χ0) is 14.0. The highest BCUT2D eigenvalue weighted by atomic mass is 16.4. The third-order valence-electron chi connectivity index (χ3n) is 3.08. The number of anilines is 1. The Balaban J connectivity index is 2.13. The maximum absolute atomic E-state index is 12.1. The van der Waals surface area contributed by atoms with E-state index < -0.39 is 30.1 Å². The minimum absolute atomic E-state index is 0.366. The zero-order valence-electron chi connectivity index (χ0n) is 10.4. The molecule has 2 N–H and O–H groups in total. The minimum atomic E-state index is -1.14. The Morgan fingerprint density at radius 1 is 1.37 bits per heavy atom. The number of ketones is 1. The summed E-state index contributed by atoms with van der Waals surface area (Å²) in [7, 11) is 1.31. The highest BCUT2D eigenvalue weighted by Crippen LogP contribution is 2.31. The summed E-state index contributed by atoms with van der Waals surface area (Å²) in [4.78, 5) is 35.4. The number of hydrogen-bond donors (Lipinski definition) is 2. The van der Waals surface area contributed by atoms with Crippen LogP contribution >= 0.6 is 0 Å². The van der Waals surface area contributed by atoms with Crippen LogP contribution in [0.25, 0.3) is 0 Å². The lowest BCUT2D eigenvalue weighted by Crippen LogP contribution is -2.39. The molecule has 0 saturated heterocycles. The molecule has 1 aliphatic rings. The Bertz CT molecular complexity index is 541. The SMILES string of the molecule is CN(CC(=O)O)C(=O)C(=O)C1CNc2ccccc21. The average molecular weight is 262 g/mol. The number of para-hydroxylation sites is 1. The van der Waals surface area contributed by atoms with Crippen LogP contribution in [0.5, 0.6) is 0 Å². The number of carboxylic acid groups (broad SMARTS) is 1. The van der Waals surface area contributed by atoms with E-state index in [1.54, 1.807) is 12.1 Å². The monoisotopic (exact) mass is 262 g/mol. The average Bonchev–Trinajstić information content (AvgIpc) is 2.80. The number of carbonyl (C=O) groups is 3. The largest absolute Gasteiger partial charge is 0.480 e. The first kappa shape index (κ1) is 13.1. The molecule has 1 atom stereocenters. The molecule has 19 heavy (non-hydrogen) atoms. The van der Waals surface area contributed by atoms with E-state index >= 15 is 0 Å². The predicted octanol–water partition coefficient (Wildman–Crippen LogP) is 0.308. The van der Waals surface area contributed by atoms with Gasteiger partial charge in [0.15, 0.2) is 0 Å². The van der Waals surface area contributed by atoms with Crippen LogP contribution in [0, 0.1) is 0 Å². The van der Waals surface area contributed by atoms with Crippen LogP contribution in [0.15, 0.2) is 24.3 Å². The van der Waals surface area contributed by atoms with Crippen molar-refractivity contribution in [3.8, 4) is 0 Å². The smallest absolute Gasteiger partial charge is 0.323 e. The summed E-state index contributed by atoms with van der Waals surface area (Å²) in [6.07, 6.45) is 0. The Kier molecular flexibility index (Phi) is 3.50. The summed E-state index contributed by atoms with van der Waals surface area (Å²) in [5.74, 6) is -3.04. The van der Waals surface area contributed by atoms with E-state index in [9.17, 15) is 14.4 Å². The second-order valence-corrected chi connectivity index (χ2v) is 4.44. The van der Waals surface area contributed by atoms with Gasteiger partial charge in [-0.3, -0.25) is 14.4 Å². The highest BCUT2D eigenvalue weighted by molar-refractivity contribution is 6.38. The number of carboxylic acids is 1. The van der Waals surface area contributed by atoms with Crippen molar-refractivity contribution in [1.82, 2.24) is 4.90 Å². The number of Topliss-reactive ketones (excluding diaryl/α,β-unsaturated/α-hetero) is 1. The Labute approximate surface area is 110 Å². The first-order chi connectivity index (χ1) is 9.00. The molecular formula is C13H14N2O4. The van der Waals surface area contributed by atoms with Gasteiger partial charge < -0.3 is 15.3 Å². The number of fused-ring (bicyclic) bond motifs is 1. The van der Waals surface area contributed by atoms with Gasteiger partial charge in [-0.25, -0.2) is 0 Å². The third-order valence-corrected chi connectivity index (χ3v) is 3.08. The quantitative estimate of drug-likeness (QED) is 0.762. The first-order valence-electron chi connectivity index (χ1n) is 5.84. The summed E-state index contributed by atoms with van der Waals surface area (Å²) < 4.78 is 0. The Morgan fingerprint density at radius 2 is 2.05 bits per heavy atom. The van der Waals surface area contributed by atoms with Crippen molar-refractivity contribution in [3.63, 3.8) is 0 Å². The van der Waals surface area contributed by atoms with Crippen LogP contribution < -0.4 is 5.32 Å². The molecule has 1 amide bonds. The van der Waals surface area contributed by atoms with Gasteiger partial charge in [0.05, 0.1) is 5.92 Å². The van der Waals surface area contributed by atoms with Crippen molar-refractivity contribution in [1.29, 1.82) is 0 Å². The van der Waals surface area contributed by atoms with Gasteiger partial charge in [-0.2, -0.15) is 0 Å². The Morgan fingerprint density at radius 3 is 2.74 bits per heavy atom. The number of likely N-dealkylation sites (N-methyl/N-ethyl adjacent to an activating group) is 1. The van der Waals surface area contributed by atoms with Gasteiger partial charge in [0.2, 0.25) is 5.78 Å². The standard InChI is InChI=1S/C13H14N2O4/c1-15(7-11(16)17)13(19)12(18)9-6-14-10-5-3-2-4-8(9)10/h2-5,9,14H,6-7H2,1H3,(H,16,17). The maximum Gasteiger partial charge on any atom is 0.323 e. The molecule has 2 rings (SSSR count). The molecule has 1 heterocycles. The van der Waals surface area contributed by atoms with Crippen LogP contribution in [0.4, 0.5) is 5.69 Å². The molecule has 6 heteroatoms. The maximum atomic E-state index is 12.1.